The highest BCUT2D eigenvalue weighted by Crippen LogP contribution is 2.52. The molecule has 5 aromatic carbocycles. The molecule has 0 aliphatic heterocycles. The smallest absolute Gasteiger partial charge is 0.0999 e. The number of hydrogen-bond donors (Lipinski definition) is 0. The van der Waals surface area contributed by atoms with E-state index in [4.69, 9.17) is 0 Å². The van der Waals surface area contributed by atoms with E-state index >= 15 is 0 Å². The average molecular weight is 613 g/mol. The first kappa shape index (κ1) is 27.3. The Hall–Kier alpha value is -7.02. The van der Waals surface area contributed by atoms with E-state index in [1.165, 1.54) is 0 Å². The van der Waals surface area contributed by atoms with Crippen LogP contribution < -0.4 is 0 Å². The summed E-state index contributed by atoms with van der Waals surface area (Å²) in [6.07, 6.45) is 6.94. The third kappa shape index (κ3) is 3.84. The summed E-state index contributed by atoms with van der Waals surface area (Å²) in [4.78, 5) is 9.14. The first-order valence-corrected chi connectivity index (χ1v) is 15.6. The van der Waals surface area contributed by atoms with Crippen molar-refractivity contribution in [2.24, 2.45) is 0 Å². The summed E-state index contributed by atoms with van der Waals surface area (Å²) in [5.41, 5.74) is 10.2. The number of pyridine rings is 2. The van der Waals surface area contributed by atoms with Crippen LogP contribution in [0.15, 0.2) is 146 Å². The summed E-state index contributed by atoms with van der Waals surface area (Å²) in [6.45, 7) is 0. The van der Waals surface area contributed by atoms with Gasteiger partial charge in [-0.3, -0.25) is 9.97 Å². The Morgan fingerprint density at radius 3 is 1.27 bits per heavy atom. The van der Waals surface area contributed by atoms with Crippen molar-refractivity contribution in [1.29, 1.82) is 10.5 Å². The van der Waals surface area contributed by atoms with Gasteiger partial charge in [0.1, 0.15) is 0 Å². The summed E-state index contributed by atoms with van der Waals surface area (Å²) < 4.78 is 4.57. The second-order valence-electron chi connectivity index (χ2n) is 11.6. The van der Waals surface area contributed by atoms with Gasteiger partial charge in [0.15, 0.2) is 0 Å². The molecule has 48 heavy (non-hydrogen) atoms. The quantitative estimate of drug-likeness (QED) is 0.198. The van der Waals surface area contributed by atoms with E-state index in [1.54, 1.807) is 36.9 Å². The fourth-order valence-electron chi connectivity index (χ4n) is 7.29. The molecule has 4 heterocycles. The van der Waals surface area contributed by atoms with Crippen LogP contribution >= 0.6 is 0 Å². The molecule has 0 atom stereocenters. The number of aromatic nitrogens is 4. The fraction of sp³-hybridized carbons (Fsp3) is 0. The summed E-state index contributed by atoms with van der Waals surface area (Å²) in [5.74, 6) is 0. The fourth-order valence-corrected chi connectivity index (χ4v) is 7.29. The van der Waals surface area contributed by atoms with E-state index in [1.807, 2.05) is 36.4 Å². The lowest BCUT2D eigenvalue weighted by Crippen LogP contribution is -2.01. The van der Waals surface area contributed by atoms with E-state index in [0.29, 0.717) is 11.1 Å². The highest BCUT2D eigenvalue weighted by Gasteiger charge is 2.30. The van der Waals surface area contributed by atoms with E-state index in [2.05, 4.69) is 104 Å². The molecule has 0 unspecified atom stereocenters. The van der Waals surface area contributed by atoms with Crippen molar-refractivity contribution in [2.75, 3.05) is 0 Å². The van der Waals surface area contributed by atoms with Gasteiger partial charge in [0, 0.05) is 80.0 Å². The zero-order valence-corrected chi connectivity index (χ0v) is 25.5. The predicted molar refractivity (Wildman–Crippen MR) is 191 cm³/mol. The zero-order chi connectivity index (χ0) is 32.2. The van der Waals surface area contributed by atoms with Crippen molar-refractivity contribution < 1.29 is 0 Å². The highest BCUT2D eigenvalue weighted by molar-refractivity contribution is 6.33. The monoisotopic (exact) mass is 612 g/mol. The Labute approximate surface area is 275 Å². The highest BCUT2D eigenvalue weighted by atomic mass is 15.0. The molecule has 0 aliphatic rings. The van der Waals surface area contributed by atoms with Gasteiger partial charge in [-0.25, -0.2) is 0 Å². The third-order valence-corrected chi connectivity index (χ3v) is 9.17. The number of fused-ring (bicyclic) bond motifs is 6. The van der Waals surface area contributed by atoms with Crippen LogP contribution in [0.25, 0.3) is 77.2 Å². The lowest BCUT2D eigenvalue weighted by atomic mass is 9.88. The van der Waals surface area contributed by atoms with Crippen molar-refractivity contribution >= 4 is 43.6 Å². The summed E-state index contributed by atoms with van der Waals surface area (Å²) >= 11 is 0. The van der Waals surface area contributed by atoms with Gasteiger partial charge < -0.3 is 9.13 Å². The van der Waals surface area contributed by atoms with E-state index in [-0.39, 0.29) is 0 Å². The predicted octanol–water partition coefficient (Wildman–Crippen LogP) is 9.75. The molecule has 9 rings (SSSR count). The van der Waals surface area contributed by atoms with Crippen LogP contribution in [0.5, 0.6) is 0 Å². The lowest BCUT2D eigenvalue weighted by molar-refractivity contribution is 1.17. The van der Waals surface area contributed by atoms with Crippen LogP contribution in [0.3, 0.4) is 0 Å². The molecule has 4 aromatic heterocycles. The Balaban J connectivity index is 1.71. The van der Waals surface area contributed by atoms with E-state index in [9.17, 15) is 10.5 Å². The second kappa shape index (κ2) is 10.8. The maximum Gasteiger partial charge on any atom is 0.0999 e. The van der Waals surface area contributed by atoms with Gasteiger partial charge in [-0.05, 0) is 48.5 Å². The number of nitrogens with zero attached hydrogens (tertiary/aromatic N) is 6. The Morgan fingerprint density at radius 2 is 0.854 bits per heavy atom. The molecule has 6 nitrogen and oxygen atoms in total. The number of hydrogen-bond acceptors (Lipinski definition) is 4. The average Bonchev–Trinajstić information content (AvgIpc) is 3.68. The normalized spacial score (nSPS) is 11.3. The second-order valence-corrected chi connectivity index (χ2v) is 11.6. The van der Waals surface area contributed by atoms with Gasteiger partial charge in [-0.2, -0.15) is 10.5 Å². The van der Waals surface area contributed by atoms with E-state index < -0.39 is 0 Å². The van der Waals surface area contributed by atoms with Gasteiger partial charge in [-0.1, -0.05) is 72.8 Å². The first-order chi connectivity index (χ1) is 23.8. The number of para-hydroxylation sites is 4. The van der Waals surface area contributed by atoms with Gasteiger partial charge >= 0.3 is 0 Å². The van der Waals surface area contributed by atoms with Crippen LogP contribution in [0.2, 0.25) is 0 Å². The third-order valence-electron chi connectivity index (χ3n) is 9.17. The van der Waals surface area contributed by atoms with Gasteiger partial charge in [0.25, 0.3) is 0 Å². The van der Waals surface area contributed by atoms with Crippen LogP contribution in [-0.2, 0) is 0 Å². The van der Waals surface area contributed by atoms with Crippen molar-refractivity contribution in [3.05, 3.63) is 157 Å². The molecular weight excluding hydrogens is 589 g/mol. The van der Waals surface area contributed by atoms with Gasteiger partial charge in [0.05, 0.1) is 45.3 Å². The molecule has 0 saturated heterocycles. The summed E-state index contributed by atoms with van der Waals surface area (Å²) in [6, 6.07) is 45.8. The van der Waals surface area contributed by atoms with Crippen LogP contribution in [0, 0.1) is 22.7 Å². The molecular formula is C42H24N6. The molecule has 6 heteroatoms. The summed E-state index contributed by atoms with van der Waals surface area (Å²) in [7, 11) is 0. The van der Waals surface area contributed by atoms with Gasteiger partial charge in [0.2, 0.25) is 0 Å². The van der Waals surface area contributed by atoms with Gasteiger partial charge in [-0.15, -0.1) is 0 Å². The minimum Gasteiger partial charge on any atom is -0.309 e. The Kier molecular flexibility index (Phi) is 6.15. The molecule has 0 aliphatic carbocycles. The van der Waals surface area contributed by atoms with E-state index in [0.717, 1.165) is 77.2 Å². The molecule has 0 amide bonds. The van der Waals surface area contributed by atoms with Crippen LogP contribution in [-0.4, -0.2) is 19.1 Å². The number of rotatable bonds is 4. The Morgan fingerprint density at radius 1 is 0.458 bits per heavy atom. The zero-order valence-electron chi connectivity index (χ0n) is 25.5. The van der Waals surface area contributed by atoms with Crippen molar-refractivity contribution in [2.45, 2.75) is 0 Å². The minimum atomic E-state index is 0.529. The molecule has 0 fully saturated rings. The maximum atomic E-state index is 10.5. The molecule has 0 bridgehead atoms. The van der Waals surface area contributed by atoms with Crippen molar-refractivity contribution in [1.82, 2.24) is 19.1 Å². The molecule has 222 valence electrons. The molecule has 9 aromatic rings. The van der Waals surface area contributed by atoms with Crippen molar-refractivity contribution in [3.63, 3.8) is 0 Å². The maximum absolute atomic E-state index is 10.5. The largest absolute Gasteiger partial charge is 0.309 e. The van der Waals surface area contributed by atoms with Crippen molar-refractivity contribution in [3.8, 4) is 45.8 Å². The first-order valence-electron chi connectivity index (χ1n) is 15.6. The molecule has 0 spiro atoms. The molecule has 0 radical (unpaired) electrons. The topological polar surface area (TPSA) is 83.2 Å². The van der Waals surface area contributed by atoms with Crippen LogP contribution in [0.1, 0.15) is 11.1 Å². The Bertz CT molecular complexity index is 2600. The number of benzene rings is 5. The molecule has 0 N–H and O–H groups in total. The standard InChI is InChI=1S/C42H24N6/c43-23-27-19-21-45-25-33(27)39-38-32-16-8-10-18-36(32)48(30-13-5-2-6-14-30)42(38)40(34-26-46-22-20-28(34)24-44)37-31-15-7-9-17-35(31)47(41(37)39)29-11-3-1-4-12-29/h1-22,25-26H. The van der Waals surface area contributed by atoms with Crippen LogP contribution in [0.4, 0.5) is 0 Å². The number of nitriles is 2. The minimum absolute atomic E-state index is 0.529. The SMILES string of the molecule is N#Cc1ccncc1-c1c2c3ccccc3n(-c3ccccc3)c2c(-c2cnccc2C#N)c2c3ccccc3n(-c3ccccc3)c12. The summed E-state index contributed by atoms with van der Waals surface area (Å²) in [5, 5.41) is 25.0. The molecule has 0 saturated carbocycles. The lowest BCUT2D eigenvalue weighted by Gasteiger charge is -2.19.